The third-order valence-corrected chi connectivity index (χ3v) is 4.43. The molecule has 0 radical (unpaired) electrons. The van der Waals surface area contributed by atoms with Gasteiger partial charge in [-0.25, -0.2) is 0 Å². The van der Waals surface area contributed by atoms with E-state index in [1.165, 1.54) is 0 Å². The number of hydrogen-bond donors (Lipinski definition) is 1. The highest BCUT2D eigenvalue weighted by molar-refractivity contribution is 5.78. The number of nitrogens with zero attached hydrogens (tertiary/aromatic N) is 5. The molecule has 1 aliphatic heterocycles. The van der Waals surface area contributed by atoms with Crippen LogP contribution in [0.25, 0.3) is 16.9 Å². The lowest BCUT2D eigenvalue weighted by molar-refractivity contribution is -0.127. The molecule has 7 heteroatoms. The summed E-state index contributed by atoms with van der Waals surface area (Å²) < 4.78 is 1.69. The Morgan fingerprint density at radius 2 is 2.08 bits per heavy atom. The summed E-state index contributed by atoms with van der Waals surface area (Å²) in [7, 11) is 0. The van der Waals surface area contributed by atoms with Gasteiger partial charge in [0.15, 0.2) is 0 Å². The van der Waals surface area contributed by atoms with Crippen LogP contribution in [0.15, 0.2) is 42.7 Å². The Balaban J connectivity index is 1.48. The summed E-state index contributed by atoms with van der Waals surface area (Å²) >= 11 is 0. The first kappa shape index (κ1) is 15.6. The lowest BCUT2D eigenvalue weighted by Gasteiger charge is -2.16. The maximum Gasteiger partial charge on any atom is 0.222 e. The van der Waals surface area contributed by atoms with E-state index in [2.05, 4.69) is 20.6 Å². The largest absolute Gasteiger partial charge is 0.382 e. The van der Waals surface area contributed by atoms with Gasteiger partial charge in [0, 0.05) is 31.6 Å². The fraction of sp³-hybridized carbons (Fsp3) is 0.333. The Morgan fingerprint density at radius 1 is 1.20 bits per heavy atom. The minimum Gasteiger partial charge on any atom is -0.382 e. The monoisotopic (exact) mass is 336 g/mol. The van der Waals surface area contributed by atoms with Gasteiger partial charge < -0.3 is 10.2 Å². The van der Waals surface area contributed by atoms with Crippen molar-refractivity contribution in [3.63, 3.8) is 0 Å². The van der Waals surface area contributed by atoms with Gasteiger partial charge in [-0.1, -0.05) is 30.3 Å². The molecule has 1 aromatic carbocycles. The Morgan fingerprint density at radius 3 is 2.88 bits per heavy atom. The summed E-state index contributed by atoms with van der Waals surface area (Å²) in [5, 5.41) is 16.1. The van der Waals surface area contributed by atoms with Gasteiger partial charge in [-0.15, -0.1) is 10.2 Å². The fourth-order valence-corrected chi connectivity index (χ4v) is 3.14. The molecule has 0 aliphatic carbocycles. The van der Waals surface area contributed by atoms with Crippen LogP contribution in [0.4, 0.5) is 5.69 Å². The van der Waals surface area contributed by atoms with Crippen molar-refractivity contribution in [2.24, 2.45) is 0 Å². The van der Waals surface area contributed by atoms with Crippen LogP contribution in [0.1, 0.15) is 19.3 Å². The molecule has 1 fully saturated rings. The van der Waals surface area contributed by atoms with Gasteiger partial charge in [0.25, 0.3) is 0 Å². The smallest absolute Gasteiger partial charge is 0.222 e. The van der Waals surface area contributed by atoms with E-state index in [1.807, 2.05) is 41.3 Å². The summed E-state index contributed by atoms with van der Waals surface area (Å²) in [6.45, 7) is 2.46. The zero-order chi connectivity index (χ0) is 17.1. The molecule has 128 valence electrons. The molecule has 2 aromatic heterocycles. The maximum absolute atomic E-state index is 11.7. The molecule has 3 aromatic rings. The Labute approximate surface area is 145 Å². The molecule has 1 saturated heterocycles. The number of aromatic nitrogens is 4. The molecule has 1 aliphatic rings. The highest BCUT2D eigenvalue weighted by atomic mass is 16.2. The van der Waals surface area contributed by atoms with E-state index in [9.17, 15) is 4.79 Å². The Hall–Kier alpha value is -2.96. The number of likely N-dealkylation sites (tertiary alicyclic amines) is 1. The first-order chi connectivity index (χ1) is 12.3. The number of hydrogen-bond acceptors (Lipinski definition) is 5. The third kappa shape index (κ3) is 3.31. The summed E-state index contributed by atoms with van der Waals surface area (Å²) in [4.78, 5) is 13.6. The van der Waals surface area contributed by atoms with Crippen molar-refractivity contribution in [3.05, 3.63) is 42.7 Å². The van der Waals surface area contributed by atoms with Crippen molar-refractivity contribution < 1.29 is 4.79 Å². The molecule has 1 amide bonds. The molecule has 0 saturated carbocycles. The Kier molecular flexibility index (Phi) is 4.28. The molecule has 4 rings (SSSR count). The summed E-state index contributed by atoms with van der Waals surface area (Å²) in [5.74, 6) is 0.273. The second-order valence-electron chi connectivity index (χ2n) is 6.17. The molecule has 3 heterocycles. The van der Waals surface area contributed by atoms with Gasteiger partial charge in [-0.05, 0) is 18.9 Å². The predicted molar refractivity (Wildman–Crippen MR) is 95.1 cm³/mol. The lowest BCUT2D eigenvalue weighted by atomic mass is 10.1. The van der Waals surface area contributed by atoms with Crippen molar-refractivity contribution in [1.82, 2.24) is 24.7 Å². The van der Waals surface area contributed by atoms with Crippen LogP contribution in [0.3, 0.4) is 0 Å². The van der Waals surface area contributed by atoms with E-state index in [4.69, 9.17) is 0 Å². The molecule has 7 nitrogen and oxygen atoms in total. The average Bonchev–Trinajstić information content (AvgIpc) is 3.28. The summed E-state index contributed by atoms with van der Waals surface area (Å²) in [6.07, 6.45) is 4.18. The topological polar surface area (TPSA) is 75.4 Å². The molecule has 0 atom stereocenters. The molecule has 0 spiro atoms. The van der Waals surface area contributed by atoms with Crippen molar-refractivity contribution in [3.8, 4) is 11.3 Å². The first-order valence-corrected chi connectivity index (χ1v) is 8.59. The number of fused-ring (bicyclic) bond motifs is 1. The normalized spacial score (nSPS) is 14.4. The second-order valence-corrected chi connectivity index (χ2v) is 6.17. The fourth-order valence-electron chi connectivity index (χ4n) is 3.14. The van der Waals surface area contributed by atoms with Crippen LogP contribution in [-0.4, -0.2) is 50.3 Å². The molecular formula is C18H20N6O. The number of carbonyl (C=O) groups excluding carboxylic acids is 1. The van der Waals surface area contributed by atoms with Gasteiger partial charge in [-0.3, -0.25) is 4.79 Å². The van der Waals surface area contributed by atoms with E-state index in [-0.39, 0.29) is 5.91 Å². The van der Waals surface area contributed by atoms with E-state index in [0.717, 1.165) is 49.4 Å². The van der Waals surface area contributed by atoms with Crippen LogP contribution in [0.2, 0.25) is 0 Å². The SMILES string of the molecule is O=C1CCCN1CCCNc1cc(-c2ccccc2)nn2cnnc12. The minimum atomic E-state index is 0.273. The van der Waals surface area contributed by atoms with Crippen molar-refractivity contribution in [2.45, 2.75) is 19.3 Å². The summed E-state index contributed by atoms with van der Waals surface area (Å²) in [5.41, 5.74) is 3.52. The maximum atomic E-state index is 11.7. The van der Waals surface area contributed by atoms with Crippen LogP contribution in [-0.2, 0) is 4.79 Å². The zero-order valence-corrected chi connectivity index (χ0v) is 13.9. The number of amides is 1. The number of rotatable bonds is 6. The molecule has 0 bridgehead atoms. The highest BCUT2D eigenvalue weighted by Gasteiger charge is 2.19. The van der Waals surface area contributed by atoms with Crippen LogP contribution in [0.5, 0.6) is 0 Å². The van der Waals surface area contributed by atoms with Gasteiger partial charge in [0.1, 0.15) is 6.33 Å². The number of carbonyl (C=O) groups is 1. The van der Waals surface area contributed by atoms with Gasteiger partial charge >= 0.3 is 0 Å². The quantitative estimate of drug-likeness (QED) is 0.699. The van der Waals surface area contributed by atoms with Crippen LogP contribution >= 0.6 is 0 Å². The number of anilines is 1. The van der Waals surface area contributed by atoms with Crippen molar-refractivity contribution in [2.75, 3.05) is 25.0 Å². The van der Waals surface area contributed by atoms with E-state index < -0.39 is 0 Å². The van der Waals surface area contributed by atoms with Crippen LogP contribution < -0.4 is 5.32 Å². The molecule has 0 unspecified atom stereocenters. The average molecular weight is 336 g/mol. The third-order valence-electron chi connectivity index (χ3n) is 4.43. The zero-order valence-electron chi connectivity index (χ0n) is 13.9. The molecule has 25 heavy (non-hydrogen) atoms. The van der Waals surface area contributed by atoms with Crippen molar-refractivity contribution >= 4 is 17.2 Å². The molecular weight excluding hydrogens is 316 g/mol. The number of benzene rings is 1. The van der Waals surface area contributed by atoms with Crippen molar-refractivity contribution in [1.29, 1.82) is 0 Å². The van der Waals surface area contributed by atoms with Gasteiger partial charge in [-0.2, -0.15) is 9.61 Å². The Bertz CT molecular complexity index is 876. The predicted octanol–water partition coefficient (Wildman–Crippen LogP) is 2.22. The van der Waals surface area contributed by atoms with E-state index in [1.54, 1.807) is 10.8 Å². The first-order valence-electron chi connectivity index (χ1n) is 8.59. The van der Waals surface area contributed by atoms with E-state index >= 15 is 0 Å². The van der Waals surface area contributed by atoms with E-state index in [0.29, 0.717) is 12.1 Å². The highest BCUT2D eigenvalue weighted by Crippen LogP contribution is 2.22. The minimum absolute atomic E-state index is 0.273. The van der Waals surface area contributed by atoms with Gasteiger partial charge in [0.2, 0.25) is 11.6 Å². The summed E-state index contributed by atoms with van der Waals surface area (Å²) in [6, 6.07) is 12.0. The van der Waals surface area contributed by atoms with Crippen LogP contribution in [0, 0.1) is 0 Å². The second kappa shape index (κ2) is 6.88. The number of nitrogens with one attached hydrogen (secondary N) is 1. The molecule has 1 N–H and O–H groups in total. The standard InChI is InChI=1S/C18H20N6O/c25-17-8-4-10-23(17)11-5-9-19-16-12-15(14-6-2-1-3-7-14)22-24-13-20-21-18(16)24/h1-3,6-7,12-13,19H,4-5,8-11H2. The lowest BCUT2D eigenvalue weighted by Crippen LogP contribution is -2.27. The van der Waals surface area contributed by atoms with Gasteiger partial charge in [0.05, 0.1) is 11.4 Å².